The van der Waals surface area contributed by atoms with Gasteiger partial charge in [-0.3, -0.25) is 4.79 Å². The number of hydrogen-bond donors (Lipinski definition) is 0. The summed E-state index contributed by atoms with van der Waals surface area (Å²) < 4.78 is 22.5. The van der Waals surface area contributed by atoms with Crippen LogP contribution in [0.1, 0.15) is 10.4 Å². The number of hydrogen-bond acceptors (Lipinski definition) is 5. The molecule has 0 spiro atoms. The molecule has 19 heavy (non-hydrogen) atoms. The Bertz CT molecular complexity index is 641. The first-order valence-corrected chi connectivity index (χ1v) is 6.52. The first kappa shape index (κ1) is 16.8. The van der Waals surface area contributed by atoms with E-state index >= 15 is 0 Å². The third-order valence-electron chi connectivity index (χ3n) is 1.54. The minimum Gasteiger partial charge on any atom is -0.266 e. The largest absolute Gasteiger partial charge is 0.285 e. The fourth-order valence-corrected chi connectivity index (χ4v) is 1.04. The van der Waals surface area contributed by atoms with Crippen molar-refractivity contribution in [1.82, 2.24) is 0 Å². The van der Waals surface area contributed by atoms with Crippen molar-refractivity contribution in [2.75, 3.05) is 0 Å². The van der Waals surface area contributed by atoms with Crippen molar-refractivity contribution >= 4 is 39.4 Å². The van der Waals surface area contributed by atoms with Crippen molar-refractivity contribution in [1.29, 1.82) is 0 Å². The van der Waals surface area contributed by atoms with Gasteiger partial charge in [-0.05, 0) is 24.4 Å². The maximum atomic E-state index is 10.9. The van der Waals surface area contributed by atoms with Crippen LogP contribution in [0.5, 0.6) is 0 Å². The fraction of sp³-hybridized carbons (Fsp3) is 0. The van der Waals surface area contributed by atoms with Crippen LogP contribution in [0, 0.1) is 0 Å². The summed E-state index contributed by atoms with van der Waals surface area (Å²) in [7, 11) is -3.70. The molecular formula is C11H8N2O4S2. The standard InChI is InChI=1S/C8H5NOS.C3H3NO3S/c10-8(9-6-11)7-4-2-1-3-5-7;1-2-8(6,7)4-3-5/h1-5H;2H,1H2. The van der Waals surface area contributed by atoms with Crippen LogP contribution in [0.3, 0.4) is 0 Å². The molecule has 0 atom stereocenters. The van der Waals surface area contributed by atoms with Crippen molar-refractivity contribution in [3.63, 3.8) is 0 Å². The molecule has 6 nitrogen and oxygen atoms in total. The zero-order valence-electron chi connectivity index (χ0n) is 9.52. The predicted octanol–water partition coefficient (Wildman–Crippen LogP) is 1.73. The molecular weight excluding hydrogens is 288 g/mol. The molecule has 0 saturated carbocycles. The van der Waals surface area contributed by atoms with E-state index in [9.17, 15) is 18.0 Å². The molecule has 1 aromatic carbocycles. The highest BCUT2D eigenvalue weighted by Crippen LogP contribution is 1.99. The molecule has 0 aliphatic heterocycles. The minimum absolute atomic E-state index is 0.347. The number of nitrogens with zero attached hydrogens (tertiary/aromatic N) is 2. The maximum Gasteiger partial charge on any atom is 0.285 e. The average molecular weight is 296 g/mol. The summed E-state index contributed by atoms with van der Waals surface area (Å²) in [6.45, 7) is 2.89. The van der Waals surface area contributed by atoms with Crippen LogP contribution in [-0.2, 0) is 14.8 Å². The SMILES string of the molecule is C=CS(=O)(=O)N=C=O.O=C(N=C=S)c1ccccc1. The number of thiocarbonyl (C=S) groups is 1. The van der Waals surface area contributed by atoms with Crippen LogP contribution >= 0.6 is 12.2 Å². The Hall–Kier alpha value is -2.24. The summed E-state index contributed by atoms with van der Waals surface area (Å²) in [5, 5.41) is 2.59. The summed E-state index contributed by atoms with van der Waals surface area (Å²) >= 11 is 4.29. The van der Waals surface area contributed by atoms with E-state index in [0.29, 0.717) is 11.0 Å². The van der Waals surface area contributed by atoms with Crippen LogP contribution in [0.4, 0.5) is 0 Å². The molecule has 0 N–H and O–H groups in total. The van der Waals surface area contributed by atoms with Crippen LogP contribution in [0.15, 0.2) is 51.7 Å². The van der Waals surface area contributed by atoms with Gasteiger partial charge in [-0.25, -0.2) is 4.79 Å². The third kappa shape index (κ3) is 7.64. The number of rotatable bonds is 3. The Morgan fingerprint density at radius 3 is 2.26 bits per heavy atom. The van der Waals surface area contributed by atoms with Gasteiger partial charge in [0.1, 0.15) is 0 Å². The van der Waals surface area contributed by atoms with Gasteiger partial charge in [-0.15, -0.1) is 0 Å². The van der Waals surface area contributed by atoms with E-state index in [1.54, 1.807) is 24.3 Å². The highest BCUT2D eigenvalue weighted by atomic mass is 32.2. The van der Waals surface area contributed by atoms with Crippen molar-refractivity contribution in [3.8, 4) is 0 Å². The molecule has 0 fully saturated rings. The molecule has 0 bridgehead atoms. The van der Waals surface area contributed by atoms with Gasteiger partial charge in [0.25, 0.3) is 22.0 Å². The Kier molecular flexibility index (Phi) is 7.76. The number of benzene rings is 1. The van der Waals surface area contributed by atoms with E-state index in [-0.39, 0.29) is 5.91 Å². The Morgan fingerprint density at radius 1 is 1.32 bits per heavy atom. The van der Waals surface area contributed by atoms with E-state index in [2.05, 4.69) is 28.2 Å². The predicted molar refractivity (Wildman–Crippen MR) is 73.0 cm³/mol. The normalized spacial score (nSPS) is 8.84. The van der Waals surface area contributed by atoms with Crippen LogP contribution in [0.2, 0.25) is 0 Å². The molecule has 98 valence electrons. The van der Waals surface area contributed by atoms with Gasteiger partial charge in [-0.1, -0.05) is 29.2 Å². The van der Waals surface area contributed by atoms with E-state index in [0.717, 1.165) is 6.08 Å². The number of amides is 1. The molecule has 1 amide bonds. The lowest BCUT2D eigenvalue weighted by atomic mass is 10.2. The van der Waals surface area contributed by atoms with Gasteiger partial charge in [0.2, 0.25) is 0 Å². The molecule has 0 saturated heterocycles. The lowest BCUT2D eigenvalue weighted by Crippen LogP contribution is -1.91. The number of carbonyl (C=O) groups excluding carboxylic acids is 2. The minimum atomic E-state index is -3.70. The number of isothiocyanates is 1. The van der Waals surface area contributed by atoms with Crippen LogP contribution in [0.25, 0.3) is 0 Å². The quantitative estimate of drug-likeness (QED) is 0.481. The van der Waals surface area contributed by atoms with Gasteiger partial charge in [-0.2, -0.15) is 13.4 Å². The molecule has 0 aliphatic carbocycles. The molecule has 0 aliphatic rings. The summed E-state index contributed by atoms with van der Waals surface area (Å²) in [5.41, 5.74) is 0.532. The van der Waals surface area contributed by atoms with Crippen molar-refractivity contribution in [2.45, 2.75) is 0 Å². The molecule has 0 radical (unpaired) electrons. The molecule has 1 rings (SSSR count). The number of isocyanates is 1. The summed E-state index contributed by atoms with van der Waals surface area (Å²) in [6, 6.07) is 8.73. The van der Waals surface area contributed by atoms with Crippen LogP contribution in [-0.4, -0.2) is 25.6 Å². The second-order valence-electron chi connectivity index (χ2n) is 2.74. The fourth-order valence-electron chi connectivity index (χ4n) is 0.776. The second-order valence-corrected chi connectivity index (χ2v) is 4.47. The van der Waals surface area contributed by atoms with Gasteiger partial charge in [0, 0.05) is 11.0 Å². The monoisotopic (exact) mass is 296 g/mol. The summed E-state index contributed by atoms with van der Waals surface area (Å²) in [4.78, 5) is 23.5. The zero-order valence-corrected chi connectivity index (χ0v) is 11.1. The average Bonchev–Trinajstić information content (AvgIpc) is 2.41. The molecule has 8 heteroatoms. The maximum absolute atomic E-state index is 10.9. The summed E-state index contributed by atoms with van der Waals surface area (Å²) in [6.07, 6.45) is 0.875. The number of carbonyl (C=O) groups is 1. The first-order chi connectivity index (χ1) is 8.96. The summed E-state index contributed by atoms with van der Waals surface area (Å²) in [5.74, 6) is -0.347. The second kappa shape index (κ2) is 8.79. The highest BCUT2D eigenvalue weighted by Gasteiger charge is 1.99. The Labute approximate surface area is 115 Å². The zero-order chi connectivity index (χ0) is 14.7. The van der Waals surface area contributed by atoms with E-state index in [4.69, 9.17) is 0 Å². The molecule has 1 aromatic rings. The topological polar surface area (TPSA) is 93.0 Å². The van der Waals surface area contributed by atoms with E-state index in [1.807, 2.05) is 11.2 Å². The third-order valence-corrected chi connectivity index (χ3v) is 2.38. The lowest BCUT2D eigenvalue weighted by Gasteiger charge is -1.89. The first-order valence-electron chi connectivity index (χ1n) is 4.60. The van der Waals surface area contributed by atoms with Crippen molar-refractivity contribution < 1.29 is 18.0 Å². The van der Waals surface area contributed by atoms with Gasteiger partial charge >= 0.3 is 0 Å². The smallest absolute Gasteiger partial charge is 0.266 e. The van der Waals surface area contributed by atoms with Crippen molar-refractivity contribution in [3.05, 3.63) is 47.9 Å². The molecule has 0 unspecified atom stereocenters. The molecule has 0 aromatic heterocycles. The Morgan fingerprint density at radius 2 is 1.89 bits per heavy atom. The lowest BCUT2D eigenvalue weighted by molar-refractivity contribution is 0.100. The Balaban J connectivity index is 0.000000362. The van der Waals surface area contributed by atoms with Gasteiger partial charge in [0.05, 0.1) is 5.16 Å². The number of sulfonamides is 1. The van der Waals surface area contributed by atoms with Gasteiger partial charge in [0.15, 0.2) is 0 Å². The van der Waals surface area contributed by atoms with Gasteiger partial charge < -0.3 is 0 Å². The van der Waals surface area contributed by atoms with Crippen molar-refractivity contribution in [2.24, 2.45) is 9.39 Å². The molecule has 0 heterocycles. The highest BCUT2D eigenvalue weighted by molar-refractivity contribution is 7.93. The van der Waals surface area contributed by atoms with Crippen LogP contribution < -0.4 is 0 Å². The number of aliphatic imine (C=N–C) groups is 1. The van der Waals surface area contributed by atoms with E-state index < -0.39 is 10.0 Å². The van der Waals surface area contributed by atoms with E-state index in [1.165, 1.54) is 0 Å².